The topological polar surface area (TPSA) is 29.1 Å². The molecule has 0 aromatic heterocycles. The van der Waals surface area contributed by atoms with Gasteiger partial charge in [-0.05, 0) is 42.9 Å². The summed E-state index contributed by atoms with van der Waals surface area (Å²) in [6.45, 7) is 6.92. The molecule has 0 fully saturated rings. The monoisotopic (exact) mass is 345 g/mol. The van der Waals surface area contributed by atoms with Gasteiger partial charge < -0.3 is 5.32 Å². The Bertz CT molecular complexity index is 446. The van der Waals surface area contributed by atoms with Crippen molar-refractivity contribution >= 4 is 33.4 Å². The lowest BCUT2D eigenvalue weighted by Crippen LogP contribution is -2.34. The van der Waals surface area contributed by atoms with Crippen molar-refractivity contribution in [3.63, 3.8) is 0 Å². The number of hydrogen-bond donors (Lipinski definition) is 1. The van der Waals surface area contributed by atoms with Gasteiger partial charge in [-0.15, -0.1) is 0 Å². The predicted octanol–water partition coefficient (Wildman–Crippen LogP) is 4.58. The van der Waals surface area contributed by atoms with Crippen molar-refractivity contribution in [1.29, 1.82) is 0 Å². The molecule has 0 heterocycles. The van der Waals surface area contributed by atoms with Gasteiger partial charge in [0.05, 0.1) is 0 Å². The largest absolute Gasteiger partial charge is 0.351 e. The van der Waals surface area contributed by atoms with Crippen molar-refractivity contribution in [2.24, 2.45) is 5.41 Å². The molecule has 0 saturated carbocycles. The molecule has 0 radical (unpaired) electrons. The van der Waals surface area contributed by atoms with E-state index in [4.69, 9.17) is 11.6 Å². The number of amides is 1. The molecule has 1 aromatic rings. The van der Waals surface area contributed by atoms with Crippen LogP contribution in [0.5, 0.6) is 0 Å². The number of carbonyl (C=O) groups excluding carboxylic acids is 1. The number of benzene rings is 1. The van der Waals surface area contributed by atoms with Crippen LogP contribution in [-0.4, -0.2) is 17.8 Å². The van der Waals surface area contributed by atoms with Crippen molar-refractivity contribution in [3.8, 4) is 0 Å². The van der Waals surface area contributed by atoms with Crippen molar-refractivity contribution in [2.45, 2.75) is 33.6 Å². The number of alkyl halides is 1. The molecule has 0 aliphatic carbocycles. The van der Waals surface area contributed by atoms with Gasteiger partial charge >= 0.3 is 0 Å². The Hall–Kier alpha value is -0.540. The molecule has 1 N–H and O–H groups in total. The first-order valence-corrected chi connectivity index (χ1v) is 7.96. The summed E-state index contributed by atoms with van der Waals surface area (Å²) >= 11 is 9.37. The third-order valence-electron chi connectivity index (χ3n) is 3.16. The fraction of sp³-hybridized carbons (Fsp3) is 0.533. The Morgan fingerprint density at radius 3 is 2.74 bits per heavy atom. The Balaban J connectivity index is 2.62. The maximum atomic E-state index is 12.2. The molecule has 0 bridgehead atoms. The second-order valence-corrected chi connectivity index (χ2v) is 6.83. The Labute approximate surface area is 129 Å². The van der Waals surface area contributed by atoms with Gasteiger partial charge in [0, 0.05) is 22.5 Å². The molecule has 0 unspecified atom stereocenters. The van der Waals surface area contributed by atoms with Crippen LogP contribution in [0.15, 0.2) is 18.2 Å². The van der Waals surface area contributed by atoms with E-state index in [-0.39, 0.29) is 11.3 Å². The highest BCUT2D eigenvalue weighted by atomic mass is 79.9. The van der Waals surface area contributed by atoms with Gasteiger partial charge in [-0.1, -0.05) is 47.4 Å². The number of halogens is 2. The summed E-state index contributed by atoms with van der Waals surface area (Å²) in [5.74, 6) is -0.0492. The first-order valence-electron chi connectivity index (χ1n) is 6.46. The molecule has 2 nitrogen and oxygen atoms in total. The summed E-state index contributed by atoms with van der Waals surface area (Å²) in [7, 11) is 0. The molecule has 0 atom stereocenters. The van der Waals surface area contributed by atoms with E-state index in [2.05, 4.69) is 35.1 Å². The lowest BCUT2D eigenvalue weighted by atomic mass is 9.88. The van der Waals surface area contributed by atoms with E-state index in [1.54, 1.807) is 12.1 Å². The Morgan fingerprint density at radius 1 is 1.42 bits per heavy atom. The molecule has 1 aromatic carbocycles. The van der Waals surface area contributed by atoms with Gasteiger partial charge in [-0.2, -0.15) is 0 Å². The molecular weight excluding hydrogens is 326 g/mol. The third-order valence-corrected chi connectivity index (χ3v) is 3.95. The van der Waals surface area contributed by atoms with Crippen molar-refractivity contribution in [1.82, 2.24) is 5.32 Å². The minimum absolute atomic E-state index is 0.0492. The van der Waals surface area contributed by atoms with E-state index >= 15 is 0 Å². The van der Waals surface area contributed by atoms with E-state index < -0.39 is 0 Å². The summed E-state index contributed by atoms with van der Waals surface area (Å²) in [6, 6.07) is 5.39. The van der Waals surface area contributed by atoms with Gasteiger partial charge in [0.25, 0.3) is 5.91 Å². The standard InChI is InChI=1S/C15H21BrClNO/c1-11-5-6-12(17)9-13(11)14(19)18-10-15(2,3)7-4-8-16/h5-6,9H,4,7-8,10H2,1-3H3,(H,18,19). The van der Waals surface area contributed by atoms with E-state index in [0.717, 1.165) is 23.7 Å². The van der Waals surface area contributed by atoms with Crippen LogP contribution < -0.4 is 5.32 Å². The first kappa shape index (κ1) is 16.5. The third kappa shape index (κ3) is 5.53. The van der Waals surface area contributed by atoms with Crippen LogP contribution in [0.1, 0.15) is 42.6 Å². The molecule has 0 saturated heterocycles. The minimum atomic E-state index is -0.0492. The number of aryl methyl sites for hydroxylation is 1. The molecule has 19 heavy (non-hydrogen) atoms. The SMILES string of the molecule is Cc1ccc(Cl)cc1C(=O)NCC(C)(C)CCCBr. The Kier molecular flexibility index (Phi) is 6.34. The highest BCUT2D eigenvalue weighted by molar-refractivity contribution is 9.09. The van der Waals surface area contributed by atoms with Gasteiger partial charge in [0.1, 0.15) is 0 Å². The lowest BCUT2D eigenvalue weighted by molar-refractivity contribution is 0.0934. The average Bonchev–Trinajstić information content (AvgIpc) is 2.36. The highest BCUT2D eigenvalue weighted by Gasteiger charge is 2.19. The molecule has 0 spiro atoms. The van der Waals surface area contributed by atoms with Crippen molar-refractivity contribution in [2.75, 3.05) is 11.9 Å². The maximum absolute atomic E-state index is 12.2. The molecule has 0 aliphatic rings. The first-order chi connectivity index (χ1) is 8.85. The number of hydrogen-bond acceptors (Lipinski definition) is 1. The van der Waals surface area contributed by atoms with Crippen LogP contribution in [0.2, 0.25) is 5.02 Å². The maximum Gasteiger partial charge on any atom is 0.251 e. The van der Waals surface area contributed by atoms with Gasteiger partial charge in [-0.3, -0.25) is 4.79 Å². The van der Waals surface area contributed by atoms with E-state index in [9.17, 15) is 4.79 Å². The zero-order valence-electron chi connectivity index (χ0n) is 11.7. The number of carbonyl (C=O) groups is 1. The van der Waals surface area contributed by atoms with Crippen LogP contribution in [0, 0.1) is 12.3 Å². The van der Waals surface area contributed by atoms with Crippen molar-refractivity contribution < 1.29 is 4.79 Å². The summed E-state index contributed by atoms with van der Waals surface area (Å²) in [5, 5.41) is 4.59. The Morgan fingerprint density at radius 2 is 2.11 bits per heavy atom. The van der Waals surface area contributed by atoms with Gasteiger partial charge in [0.15, 0.2) is 0 Å². The summed E-state index contributed by atoms with van der Waals surface area (Å²) in [5.41, 5.74) is 1.71. The van der Waals surface area contributed by atoms with Crippen LogP contribution >= 0.6 is 27.5 Å². The average molecular weight is 347 g/mol. The zero-order valence-corrected chi connectivity index (χ0v) is 14.1. The highest BCUT2D eigenvalue weighted by Crippen LogP contribution is 2.22. The van der Waals surface area contributed by atoms with Gasteiger partial charge in [0.2, 0.25) is 0 Å². The smallest absolute Gasteiger partial charge is 0.251 e. The fourth-order valence-corrected chi connectivity index (χ4v) is 2.34. The number of nitrogens with one attached hydrogen (secondary N) is 1. The number of rotatable bonds is 6. The molecular formula is C15H21BrClNO. The van der Waals surface area contributed by atoms with Crippen molar-refractivity contribution in [3.05, 3.63) is 34.3 Å². The zero-order chi connectivity index (χ0) is 14.5. The van der Waals surface area contributed by atoms with Crippen LogP contribution in [0.3, 0.4) is 0 Å². The summed E-state index contributed by atoms with van der Waals surface area (Å²) in [4.78, 5) is 12.2. The van der Waals surface area contributed by atoms with Crippen LogP contribution in [0.4, 0.5) is 0 Å². The normalized spacial score (nSPS) is 11.4. The lowest BCUT2D eigenvalue weighted by Gasteiger charge is -2.24. The summed E-state index contributed by atoms with van der Waals surface area (Å²) < 4.78 is 0. The molecule has 106 valence electrons. The predicted molar refractivity (Wildman–Crippen MR) is 85.3 cm³/mol. The molecule has 0 aliphatic heterocycles. The quantitative estimate of drug-likeness (QED) is 0.751. The second-order valence-electron chi connectivity index (χ2n) is 5.60. The van der Waals surface area contributed by atoms with E-state index in [0.29, 0.717) is 17.1 Å². The minimum Gasteiger partial charge on any atom is -0.351 e. The molecule has 4 heteroatoms. The fourth-order valence-electron chi connectivity index (χ4n) is 1.89. The van der Waals surface area contributed by atoms with E-state index in [1.807, 2.05) is 13.0 Å². The van der Waals surface area contributed by atoms with Gasteiger partial charge in [-0.25, -0.2) is 0 Å². The molecule has 1 rings (SSSR count). The van der Waals surface area contributed by atoms with Crippen LogP contribution in [-0.2, 0) is 0 Å². The second kappa shape index (κ2) is 7.30. The van der Waals surface area contributed by atoms with Crippen LogP contribution in [0.25, 0.3) is 0 Å². The summed E-state index contributed by atoms with van der Waals surface area (Å²) in [6.07, 6.45) is 2.19. The molecule has 1 amide bonds. The van der Waals surface area contributed by atoms with E-state index in [1.165, 1.54) is 0 Å².